The van der Waals surface area contributed by atoms with Crippen molar-refractivity contribution in [2.24, 2.45) is 0 Å². The molecule has 0 N–H and O–H groups in total. The number of hydrogen-bond donors (Lipinski definition) is 0. The molecule has 1 aliphatic rings. The maximum absolute atomic E-state index is 13.9. The molecule has 0 saturated carbocycles. The largest absolute Gasteiger partial charge is 0.323 e. The first kappa shape index (κ1) is 25.2. The molecule has 1 saturated heterocycles. The molecule has 0 radical (unpaired) electrons. The third kappa shape index (κ3) is 5.20. The quantitative estimate of drug-likeness (QED) is 0.271. The second kappa shape index (κ2) is 10.8. The lowest BCUT2D eigenvalue weighted by molar-refractivity contribution is -0.385. The van der Waals surface area contributed by atoms with Crippen molar-refractivity contribution in [2.75, 3.05) is 20.1 Å². The van der Waals surface area contributed by atoms with E-state index in [2.05, 4.69) is 17.0 Å². The van der Waals surface area contributed by atoms with E-state index in [4.69, 9.17) is 23.2 Å². The zero-order valence-electron chi connectivity index (χ0n) is 19.5. The van der Waals surface area contributed by atoms with E-state index >= 15 is 0 Å². The zero-order chi connectivity index (χ0) is 25.0. The van der Waals surface area contributed by atoms with Gasteiger partial charge in [-0.1, -0.05) is 83.9 Å². The summed E-state index contributed by atoms with van der Waals surface area (Å²) < 4.78 is 0. The fraction of sp³-hybridized carbons (Fsp3) is 0.296. The fourth-order valence-corrected chi connectivity index (χ4v) is 5.31. The number of carbonyl (C=O) groups excluding carboxylic acids is 1. The van der Waals surface area contributed by atoms with E-state index in [1.165, 1.54) is 12.1 Å². The van der Waals surface area contributed by atoms with Crippen LogP contribution >= 0.6 is 23.2 Å². The van der Waals surface area contributed by atoms with Gasteiger partial charge in [-0.15, -0.1) is 0 Å². The molecule has 6 nitrogen and oxygen atoms in total. The van der Waals surface area contributed by atoms with E-state index in [-0.39, 0.29) is 33.6 Å². The number of nitro benzene ring substituents is 1. The summed E-state index contributed by atoms with van der Waals surface area (Å²) in [6.45, 7) is 1.71. The van der Waals surface area contributed by atoms with Crippen molar-refractivity contribution in [1.29, 1.82) is 0 Å². The Bertz CT molecular complexity index is 1200. The van der Waals surface area contributed by atoms with Gasteiger partial charge in [0.2, 0.25) is 5.91 Å². The maximum Gasteiger partial charge on any atom is 0.274 e. The molecule has 1 heterocycles. The normalized spacial score (nSPS) is 15.5. The van der Waals surface area contributed by atoms with E-state index in [0.29, 0.717) is 6.42 Å². The molecule has 8 heteroatoms. The van der Waals surface area contributed by atoms with E-state index in [9.17, 15) is 14.9 Å². The fourth-order valence-electron chi connectivity index (χ4n) is 4.97. The summed E-state index contributed by atoms with van der Waals surface area (Å²) in [6, 6.07) is 22.7. The molecule has 0 unspecified atom stereocenters. The highest BCUT2D eigenvalue weighted by Gasteiger charge is 2.45. The predicted molar refractivity (Wildman–Crippen MR) is 139 cm³/mol. The van der Waals surface area contributed by atoms with Gasteiger partial charge in [0.1, 0.15) is 5.66 Å². The third-order valence-corrected chi connectivity index (χ3v) is 7.47. The molecule has 3 aromatic carbocycles. The van der Waals surface area contributed by atoms with Gasteiger partial charge in [-0.05, 0) is 30.0 Å². The van der Waals surface area contributed by atoms with E-state index in [0.717, 1.165) is 37.1 Å². The second-order valence-electron chi connectivity index (χ2n) is 8.82. The van der Waals surface area contributed by atoms with Crippen LogP contribution < -0.4 is 0 Å². The van der Waals surface area contributed by atoms with Crippen molar-refractivity contribution >= 4 is 34.8 Å². The van der Waals surface area contributed by atoms with Crippen molar-refractivity contribution < 1.29 is 9.72 Å². The first-order chi connectivity index (χ1) is 16.8. The highest BCUT2D eigenvalue weighted by Crippen LogP contribution is 2.39. The zero-order valence-corrected chi connectivity index (χ0v) is 21.0. The summed E-state index contributed by atoms with van der Waals surface area (Å²) in [5.74, 6) is -0.238. The number of halogens is 2. The van der Waals surface area contributed by atoms with Gasteiger partial charge in [-0.2, -0.15) is 0 Å². The smallest absolute Gasteiger partial charge is 0.274 e. The SMILES string of the molecule is CN(C(=O)Cc1cc(Cl)c(Cl)cc1[N+](=O)[O-])[C@@](Cc1ccccc1)(c1ccccc1)N1CCCC1. The lowest BCUT2D eigenvalue weighted by atomic mass is 9.88. The van der Waals surface area contributed by atoms with Crippen LogP contribution in [0.25, 0.3) is 0 Å². The Labute approximate surface area is 215 Å². The van der Waals surface area contributed by atoms with Crippen LogP contribution in [0, 0.1) is 10.1 Å². The van der Waals surface area contributed by atoms with Gasteiger partial charge >= 0.3 is 0 Å². The molecule has 1 amide bonds. The van der Waals surface area contributed by atoms with Crippen LogP contribution in [0.5, 0.6) is 0 Å². The Balaban J connectivity index is 1.79. The van der Waals surface area contributed by atoms with Crippen molar-refractivity contribution in [3.8, 4) is 0 Å². The lowest BCUT2D eigenvalue weighted by Crippen LogP contribution is -2.59. The first-order valence-corrected chi connectivity index (χ1v) is 12.3. The standard InChI is InChI=1S/C27H27Cl2N3O3/c1-30(26(33)17-21-16-23(28)24(29)18-25(21)32(34)35)27(31-14-8-9-15-31,22-12-6-3-7-13-22)19-20-10-4-2-5-11-20/h2-7,10-13,16,18H,8-9,14-15,17,19H2,1H3/t27-/m1/s1. The molecular weight excluding hydrogens is 485 g/mol. The minimum Gasteiger partial charge on any atom is -0.323 e. The second-order valence-corrected chi connectivity index (χ2v) is 9.64. The van der Waals surface area contributed by atoms with E-state index in [1.54, 1.807) is 11.9 Å². The van der Waals surface area contributed by atoms with Gasteiger partial charge in [0.05, 0.1) is 21.4 Å². The summed E-state index contributed by atoms with van der Waals surface area (Å²) in [5, 5.41) is 11.9. The van der Waals surface area contributed by atoms with Crippen LogP contribution in [-0.2, 0) is 23.3 Å². The van der Waals surface area contributed by atoms with Crippen LogP contribution in [-0.4, -0.2) is 40.8 Å². The average Bonchev–Trinajstić information content (AvgIpc) is 3.40. The molecule has 0 spiro atoms. The van der Waals surface area contributed by atoms with Gasteiger partial charge in [-0.3, -0.25) is 19.8 Å². The highest BCUT2D eigenvalue weighted by molar-refractivity contribution is 6.42. The van der Waals surface area contributed by atoms with Crippen LogP contribution in [0.1, 0.15) is 29.5 Å². The Hall–Kier alpha value is -2.93. The summed E-state index contributed by atoms with van der Waals surface area (Å²) in [4.78, 5) is 29.1. The van der Waals surface area contributed by atoms with Crippen molar-refractivity contribution in [3.63, 3.8) is 0 Å². The molecule has 3 aromatic rings. The van der Waals surface area contributed by atoms with E-state index in [1.807, 2.05) is 48.5 Å². The summed E-state index contributed by atoms with van der Waals surface area (Å²) in [7, 11) is 1.79. The number of likely N-dealkylation sites (tertiary alicyclic amines) is 1. The van der Waals surface area contributed by atoms with Crippen molar-refractivity contribution in [3.05, 3.63) is 110 Å². The number of nitro groups is 1. The minimum atomic E-state index is -0.749. The monoisotopic (exact) mass is 511 g/mol. The van der Waals surface area contributed by atoms with Gasteiger partial charge in [0.25, 0.3) is 5.69 Å². The molecular formula is C27H27Cl2N3O3. The Morgan fingerprint density at radius 1 is 1.00 bits per heavy atom. The number of rotatable bonds is 8. The molecule has 4 rings (SSSR count). The van der Waals surface area contributed by atoms with Crippen molar-refractivity contribution in [2.45, 2.75) is 31.3 Å². The number of benzene rings is 3. The Morgan fingerprint density at radius 3 is 2.17 bits per heavy atom. The van der Waals surface area contributed by atoms with Gasteiger partial charge < -0.3 is 4.90 Å². The van der Waals surface area contributed by atoms with Crippen LogP contribution in [0.3, 0.4) is 0 Å². The van der Waals surface area contributed by atoms with Gasteiger partial charge in [-0.25, -0.2) is 0 Å². The van der Waals surface area contributed by atoms with Crippen LogP contribution in [0.15, 0.2) is 72.8 Å². The number of carbonyl (C=O) groups is 1. The maximum atomic E-state index is 13.9. The van der Waals surface area contributed by atoms with E-state index < -0.39 is 10.6 Å². The molecule has 1 fully saturated rings. The Kier molecular flexibility index (Phi) is 7.75. The molecule has 0 bridgehead atoms. The first-order valence-electron chi connectivity index (χ1n) is 11.6. The molecule has 35 heavy (non-hydrogen) atoms. The van der Waals surface area contributed by atoms with Crippen LogP contribution in [0.2, 0.25) is 10.0 Å². The highest BCUT2D eigenvalue weighted by atomic mass is 35.5. The van der Waals surface area contributed by atoms with Gasteiger partial charge in [0.15, 0.2) is 0 Å². The predicted octanol–water partition coefficient (Wildman–Crippen LogP) is 6.09. The summed E-state index contributed by atoms with van der Waals surface area (Å²) in [6.07, 6.45) is 2.51. The molecule has 0 aliphatic carbocycles. The molecule has 0 aromatic heterocycles. The number of amides is 1. The number of hydrogen-bond acceptors (Lipinski definition) is 4. The summed E-state index contributed by atoms with van der Waals surface area (Å²) in [5.41, 5.74) is 1.38. The number of nitrogens with zero attached hydrogens (tertiary/aromatic N) is 3. The van der Waals surface area contributed by atoms with Crippen molar-refractivity contribution in [1.82, 2.24) is 9.80 Å². The van der Waals surface area contributed by atoms with Gasteiger partial charge in [0, 0.05) is 38.2 Å². The lowest BCUT2D eigenvalue weighted by Gasteiger charge is -2.49. The minimum absolute atomic E-state index is 0.0858. The number of likely N-dealkylation sites (N-methyl/N-ethyl adjacent to an activating group) is 1. The summed E-state index contributed by atoms with van der Waals surface area (Å²) >= 11 is 12.2. The average molecular weight is 512 g/mol. The molecule has 1 aliphatic heterocycles. The third-order valence-electron chi connectivity index (χ3n) is 6.75. The Morgan fingerprint density at radius 2 is 1.57 bits per heavy atom. The topological polar surface area (TPSA) is 66.7 Å². The molecule has 182 valence electrons. The van der Waals surface area contributed by atoms with Crippen LogP contribution in [0.4, 0.5) is 5.69 Å². The molecule has 1 atom stereocenters.